The molecule has 2 rings (SSSR count). The summed E-state index contributed by atoms with van der Waals surface area (Å²) in [6, 6.07) is 1.18. The van der Waals surface area contributed by atoms with Gasteiger partial charge >= 0.3 is 17.6 Å². The van der Waals surface area contributed by atoms with E-state index in [9.17, 15) is 24.3 Å². The number of carbonyl (C=O) groups is 2. The predicted octanol–water partition coefficient (Wildman–Crippen LogP) is -0.0247. The monoisotopic (exact) mass is 382 g/mol. The van der Waals surface area contributed by atoms with Crippen LogP contribution in [0.1, 0.15) is 38.3 Å². The van der Waals surface area contributed by atoms with Gasteiger partial charge in [-0.15, -0.1) is 0 Å². The van der Waals surface area contributed by atoms with E-state index in [4.69, 9.17) is 9.47 Å². The molecule has 0 aliphatic carbocycles. The van der Waals surface area contributed by atoms with Crippen LogP contribution in [0.15, 0.2) is 34.7 Å². The van der Waals surface area contributed by atoms with Crippen LogP contribution in [0, 0.1) is 0 Å². The Hall–Kier alpha value is -2.72. The molecule has 1 saturated heterocycles. The normalized spacial score (nSPS) is 21.6. The Morgan fingerprint density at radius 1 is 1.33 bits per heavy atom. The SMILES string of the molecule is C=COC(=O)CCCCC(=O)OC[C@H]1O[C@@H](n2ccc(=O)[nH]c2=O)C[C@@H]1O. The molecule has 1 aromatic heterocycles. The fourth-order valence-electron chi connectivity index (χ4n) is 2.63. The van der Waals surface area contributed by atoms with E-state index in [1.807, 2.05) is 0 Å². The molecule has 0 amide bonds. The van der Waals surface area contributed by atoms with Crippen molar-refractivity contribution in [3.05, 3.63) is 45.9 Å². The molecular formula is C17H22N2O8. The first-order valence-corrected chi connectivity index (χ1v) is 8.51. The minimum Gasteiger partial charge on any atom is -0.463 e. The molecule has 0 spiro atoms. The summed E-state index contributed by atoms with van der Waals surface area (Å²) in [7, 11) is 0. The second-order valence-electron chi connectivity index (χ2n) is 6.00. The average Bonchev–Trinajstić information content (AvgIpc) is 2.97. The number of nitrogens with zero attached hydrogens (tertiary/aromatic N) is 1. The molecule has 0 bridgehead atoms. The zero-order chi connectivity index (χ0) is 19.8. The van der Waals surface area contributed by atoms with E-state index in [-0.39, 0.29) is 25.9 Å². The zero-order valence-corrected chi connectivity index (χ0v) is 14.7. The Labute approximate surface area is 154 Å². The first-order valence-electron chi connectivity index (χ1n) is 8.51. The molecule has 0 unspecified atom stereocenters. The van der Waals surface area contributed by atoms with Gasteiger partial charge in [-0.05, 0) is 12.8 Å². The van der Waals surface area contributed by atoms with Crippen LogP contribution in [0.25, 0.3) is 0 Å². The lowest BCUT2D eigenvalue weighted by molar-refractivity contribution is -0.150. The molecule has 2 heterocycles. The summed E-state index contributed by atoms with van der Waals surface area (Å²) < 4.78 is 16.4. The molecule has 1 aliphatic heterocycles. The number of aromatic nitrogens is 2. The third-order valence-corrected chi connectivity index (χ3v) is 4.00. The fraction of sp³-hybridized carbons (Fsp3) is 0.529. The number of esters is 2. The summed E-state index contributed by atoms with van der Waals surface area (Å²) in [4.78, 5) is 47.8. The van der Waals surface area contributed by atoms with Crippen molar-refractivity contribution in [2.45, 2.75) is 50.5 Å². The molecular weight excluding hydrogens is 360 g/mol. The first-order chi connectivity index (χ1) is 12.9. The minimum atomic E-state index is -0.921. The lowest BCUT2D eigenvalue weighted by atomic mass is 10.2. The van der Waals surface area contributed by atoms with Crippen LogP contribution in [0.5, 0.6) is 0 Å². The lowest BCUT2D eigenvalue weighted by Crippen LogP contribution is -2.32. The second kappa shape index (κ2) is 9.83. The molecule has 1 fully saturated rings. The Kier molecular flexibility index (Phi) is 7.50. The van der Waals surface area contributed by atoms with Crippen LogP contribution >= 0.6 is 0 Å². The number of unbranched alkanes of at least 4 members (excludes halogenated alkanes) is 1. The number of carbonyl (C=O) groups excluding carboxylic acids is 2. The standard InChI is InChI=1S/C17H22N2O8/c1-2-25-15(22)5-3-4-6-16(23)26-10-12-11(20)9-14(27-12)19-8-7-13(21)18-17(19)24/h2,7-8,11-12,14,20H,1,3-6,9-10H2,(H,18,21,24)/t11-,12+,14+/m0/s1. The molecule has 3 atom stereocenters. The summed E-state index contributed by atoms with van der Waals surface area (Å²) in [5.74, 6) is -0.892. The third-order valence-electron chi connectivity index (χ3n) is 4.00. The van der Waals surface area contributed by atoms with Gasteiger partial charge in [0.05, 0.1) is 12.4 Å². The maximum absolute atomic E-state index is 11.8. The van der Waals surface area contributed by atoms with Gasteiger partial charge in [0.15, 0.2) is 0 Å². The van der Waals surface area contributed by atoms with Gasteiger partial charge in [0, 0.05) is 31.5 Å². The van der Waals surface area contributed by atoms with Crippen molar-refractivity contribution in [3.63, 3.8) is 0 Å². The molecule has 1 aliphatic rings. The number of aromatic amines is 1. The number of ether oxygens (including phenoxy) is 3. The molecule has 0 radical (unpaired) electrons. The molecule has 10 nitrogen and oxygen atoms in total. The van der Waals surface area contributed by atoms with E-state index >= 15 is 0 Å². The van der Waals surface area contributed by atoms with Gasteiger partial charge < -0.3 is 19.3 Å². The van der Waals surface area contributed by atoms with Crippen LogP contribution in [0.2, 0.25) is 0 Å². The Morgan fingerprint density at radius 2 is 2.04 bits per heavy atom. The van der Waals surface area contributed by atoms with Gasteiger partial charge in [0.1, 0.15) is 18.9 Å². The number of aliphatic hydroxyl groups excluding tert-OH is 1. The molecule has 0 saturated carbocycles. The van der Waals surface area contributed by atoms with Crippen molar-refractivity contribution in [1.29, 1.82) is 0 Å². The van der Waals surface area contributed by atoms with E-state index < -0.39 is 41.6 Å². The van der Waals surface area contributed by atoms with Crippen molar-refractivity contribution in [3.8, 4) is 0 Å². The average molecular weight is 382 g/mol. The minimum absolute atomic E-state index is 0.118. The highest BCUT2D eigenvalue weighted by Gasteiger charge is 2.36. The quantitative estimate of drug-likeness (QED) is 0.345. The maximum Gasteiger partial charge on any atom is 0.330 e. The highest BCUT2D eigenvalue weighted by atomic mass is 16.6. The third kappa shape index (κ3) is 6.19. The van der Waals surface area contributed by atoms with Crippen LogP contribution in [0.4, 0.5) is 0 Å². The van der Waals surface area contributed by atoms with E-state index in [1.54, 1.807) is 0 Å². The molecule has 10 heteroatoms. The highest BCUT2D eigenvalue weighted by molar-refractivity contribution is 5.70. The van der Waals surface area contributed by atoms with Gasteiger partial charge in [-0.2, -0.15) is 0 Å². The number of rotatable bonds is 9. The van der Waals surface area contributed by atoms with Crippen LogP contribution in [-0.2, 0) is 23.8 Å². The zero-order valence-electron chi connectivity index (χ0n) is 14.7. The number of nitrogens with one attached hydrogen (secondary N) is 1. The van der Waals surface area contributed by atoms with Crippen molar-refractivity contribution >= 4 is 11.9 Å². The second-order valence-corrected chi connectivity index (χ2v) is 6.00. The number of aliphatic hydroxyl groups is 1. The Morgan fingerprint density at radius 3 is 2.70 bits per heavy atom. The maximum atomic E-state index is 11.8. The summed E-state index contributed by atoms with van der Waals surface area (Å²) in [5.41, 5.74) is -1.18. The van der Waals surface area contributed by atoms with Gasteiger partial charge in [0.2, 0.25) is 0 Å². The van der Waals surface area contributed by atoms with Crippen molar-refractivity contribution < 1.29 is 28.9 Å². The van der Waals surface area contributed by atoms with E-state index in [0.717, 1.165) is 10.8 Å². The predicted molar refractivity (Wildman–Crippen MR) is 91.6 cm³/mol. The summed E-state index contributed by atoms with van der Waals surface area (Å²) >= 11 is 0. The number of hydrogen-bond donors (Lipinski definition) is 2. The number of hydrogen-bond acceptors (Lipinski definition) is 8. The van der Waals surface area contributed by atoms with Crippen LogP contribution in [0.3, 0.4) is 0 Å². The molecule has 2 N–H and O–H groups in total. The van der Waals surface area contributed by atoms with Gasteiger partial charge in [0.25, 0.3) is 5.56 Å². The molecule has 27 heavy (non-hydrogen) atoms. The highest BCUT2D eigenvalue weighted by Crippen LogP contribution is 2.27. The van der Waals surface area contributed by atoms with Crippen molar-refractivity contribution in [2.24, 2.45) is 0 Å². The van der Waals surface area contributed by atoms with E-state index in [1.165, 1.54) is 12.3 Å². The first kappa shape index (κ1) is 20.6. The van der Waals surface area contributed by atoms with Crippen molar-refractivity contribution in [2.75, 3.05) is 6.61 Å². The smallest absolute Gasteiger partial charge is 0.330 e. The fourth-order valence-corrected chi connectivity index (χ4v) is 2.63. The van der Waals surface area contributed by atoms with E-state index in [2.05, 4.69) is 16.3 Å². The summed E-state index contributed by atoms with van der Waals surface area (Å²) in [6.45, 7) is 3.12. The van der Waals surface area contributed by atoms with Crippen molar-refractivity contribution in [1.82, 2.24) is 9.55 Å². The molecule has 1 aromatic rings. The topological polar surface area (TPSA) is 137 Å². The number of H-pyrrole nitrogens is 1. The van der Waals surface area contributed by atoms with E-state index in [0.29, 0.717) is 12.8 Å². The van der Waals surface area contributed by atoms with Crippen LogP contribution in [-0.4, -0.2) is 45.4 Å². The van der Waals surface area contributed by atoms with Gasteiger partial charge in [-0.3, -0.25) is 23.9 Å². The lowest BCUT2D eigenvalue weighted by Gasteiger charge is -2.16. The Balaban J connectivity index is 1.73. The summed E-state index contributed by atoms with van der Waals surface area (Å²) in [5, 5.41) is 10.0. The largest absolute Gasteiger partial charge is 0.463 e. The van der Waals surface area contributed by atoms with Crippen LogP contribution < -0.4 is 11.2 Å². The Bertz CT molecular complexity index is 784. The van der Waals surface area contributed by atoms with Gasteiger partial charge in [-0.25, -0.2) is 4.79 Å². The molecule has 148 valence electrons. The summed E-state index contributed by atoms with van der Waals surface area (Å²) in [6.07, 6.45) is 1.23. The van der Waals surface area contributed by atoms with Gasteiger partial charge in [-0.1, -0.05) is 6.58 Å². The molecule has 0 aromatic carbocycles.